The molecule has 2 fully saturated rings. The van der Waals surface area contributed by atoms with Gasteiger partial charge >= 0.3 is 5.97 Å². The monoisotopic (exact) mass is 402 g/mol. The maximum absolute atomic E-state index is 11.2. The molecule has 3 rings (SSSR count). The number of esters is 1. The van der Waals surface area contributed by atoms with E-state index in [1.807, 2.05) is 6.08 Å². The van der Waals surface area contributed by atoms with Crippen molar-refractivity contribution in [2.75, 3.05) is 0 Å². The van der Waals surface area contributed by atoms with E-state index >= 15 is 0 Å². The SMILES string of the molecule is C=C1CCC[C@@H]2[C@@](C)(CC/C(C)=C/C[C@@H](O)C3=CC(=O)O[C@@H]3O)[C@H](C)CC[C@@]12C. The third-order valence-corrected chi connectivity index (χ3v) is 8.50. The van der Waals surface area contributed by atoms with E-state index < -0.39 is 18.4 Å². The van der Waals surface area contributed by atoms with Crippen molar-refractivity contribution in [1.29, 1.82) is 0 Å². The zero-order valence-electron chi connectivity index (χ0n) is 18.5. The number of rotatable bonds is 6. The van der Waals surface area contributed by atoms with Gasteiger partial charge in [0.05, 0.1) is 6.10 Å². The Morgan fingerprint density at radius 1 is 1.41 bits per heavy atom. The molecular formula is C25H38O4. The maximum Gasteiger partial charge on any atom is 0.333 e. The van der Waals surface area contributed by atoms with Crippen LogP contribution in [0.1, 0.15) is 79.1 Å². The summed E-state index contributed by atoms with van der Waals surface area (Å²) in [6.07, 6.45) is 9.85. The minimum Gasteiger partial charge on any atom is -0.429 e. The van der Waals surface area contributed by atoms with Crippen LogP contribution in [0.25, 0.3) is 0 Å². The van der Waals surface area contributed by atoms with Gasteiger partial charge in [0.25, 0.3) is 0 Å². The molecule has 4 nitrogen and oxygen atoms in total. The minimum atomic E-state index is -1.31. The van der Waals surface area contributed by atoms with E-state index in [4.69, 9.17) is 0 Å². The van der Waals surface area contributed by atoms with E-state index in [0.29, 0.717) is 23.7 Å². The van der Waals surface area contributed by atoms with Crippen LogP contribution in [0, 0.1) is 22.7 Å². The third kappa shape index (κ3) is 4.25. The summed E-state index contributed by atoms with van der Waals surface area (Å²) in [6.45, 7) is 13.9. The number of fused-ring (bicyclic) bond motifs is 1. The number of allylic oxidation sites excluding steroid dienone is 2. The largest absolute Gasteiger partial charge is 0.429 e. The van der Waals surface area contributed by atoms with E-state index in [0.717, 1.165) is 12.8 Å². The molecular weight excluding hydrogens is 364 g/mol. The number of hydrogen-bond acceptors (Lipinski definition) is 4. The first-order valence-electron chi connectivity index (χ1n) is 11.2. The summed E-state index contributed by atoms with van der Waals surface area (Å²) < 4.78 is 4.66. The second-order valence-corrected chi connectivity index (χ2v) is 10.1. The van der Waals surface area contributed by atoms with Gasteiger partial charge in [0.2, 0.25) is 6.29 Å². The van der Waals surface area contributed by atoms with E-state index in [9.17, 15) is 15.0 Å². The Morgan fingerprint density at radius 2 is 2.14 bits per heavy atom. The number of cyclic esters (lactones) is 1. The van der Waals surface area contributed by atoms with E-state index in [-0.39, 0.29) is 11.0 Å². The molecule has 0 aromatic heterocycles. The van der Waals surface area contributed by atoms with Crippen molar-refractivity contribution in [2.45, 2.75) is 91.5 Å². The smallest absolute Gasteiger partial charge is 0.333 e. The lowest BCUT2D eigenvalue weighted by Gasteiger charge is -2.59. The number of ether oxygens (including phenoxy) is 1. The number of carbonyl (C=O) groups excluding carboxylic acids is 1. The van der Waals surface area contributed by atoms with Crippen molar-refractivity contribution in [3.8, 4) is 0 Å². The van der Waals surface area contributed by atoms with Crippen LogP contribution in [0.4, 0.5) is 0 Å². The van der Waals surface area contributed by atoms with Crippen molar-refractivity contribution in [3.63, 3.8) is 0 Å². The molecule has 0 saturated heterocycles. The Labute approximate surface area is 175 Å². The summed E-state index contributed by atoms with van der Waals surface area (Å²) in [4.78, 5) is 11.2. The molecule has 2 saturated carbocycles. The van der Waals surface area contributed by atoms with Crippen LogP contribution in [-0.4, -0.2) is 28.6 Å². The highest BCUT2D eigenvalue weighted by Crippen LogP contribution is 2.62. The molecule has 0 aromatic rings. The normalized spacial score (nSPS) is 39.0. The van der Waals surface area contributed by atoms with Gasteiger partial charge in [-0.05, 0) is 81.0 Å². The van der Waals surface area contributed by atoms with Crippen LogP contribution < -0.4 is 0 Å². The number of aliphatic hydroxyl groups is 2. The quantitative estimate of drug-likeness (QED) is 0.481. The van der Waals surface area contributed by atoms with E-state index in [2.05, 4.69) is 39.0 Å². The van der Waals surface area contributed by atoms with Crippen molar-refractivity contribution < 1.29 is 19.7 Å². The van der Waals surface area contributed by atoms with Crippen LogP contribution in [0.5, 0.6) is 0 Å². The number of hydrogen-bond donors (Lipinski definition) is 2. The topological polar surface area (TPSA) is 66.8 Å². The molecule has 2 aliphatic carbocycles. The molecule has 4 heteroatoms. The molecule has 2 N–H and O–H groups in total. The summed E-state index contributed by atoms with van der Waals surface area (Å²) >= 11 is 0. The van der Waals surface area contributed by atoms with Gasteiger partial charge in [-0.25, -0.2) is 4.79 Å². The summed E-state index contributed by atoms with van der Waals surface area (Å²) in [5, 5.41) is 20.0. The highest BCUT2D eigenvalue weighted by Gasteiger charge is 2.53. The van der Waals surface area contributed by atoms with Crippen LogP contribution >= 0.6 is 0 Å². The Balaban J connectivity index is 1.64. The molecule has 0 bridgehead atoms. The standard InChI is InChI=1S/C25H38O4/c1-16(9-10-20(26)19-15-22(27)29-23(19)28)11-13-24(4)18(3)12-14-25(5)17(2)7-6-8-21(24)25/h9,15,18,20-21,23,26,28H,2,6-8,10-14H2,1,3-5H3/b16-9+/t18-,20-,21-,23+,24+,25+/m1/s1. The van der Waals surface area contributed by atoms with Crippen molar-refractivity contribution in [2.24, 2.45) is 22.7 Å². The molecule has 1 heterocycles. The third-order valence-electron chi connectivity index (χ3n) is 8.50. The minimum absolute atomic E-state index is 0.253. The number of carbonyl (C=O) groups is 1. The Kier molecular flexibility index (Phi) is 6.45. The molecule has 0 amide bonds. The summed E-state index contributed by atoms with van der Waals surface area (Å²) in [6, 6.07) is 0. The Morgan fingerprint density at radius 3 is 2.79 bits per heavy atom. The second kappa shape index (κ2) is 8.39. The van der Waals surface area contributed by atoms with Crippen molar-refractivity contribution >= 4 is 5.97 Å². The lowest BCUT2D eigenvalue weighted by atomic mass is 9.46. The predicted molar refractivity (Wildman–Crippen MR) is 115 cm³/mol. The molecule has 6 atom stereocenters. The van der Waals surface area contributed by atoms with Gasteiger partial charge in [-0.3, -0.25) is 0 Å². The molecule has 0 unspecified atom stereocenters. The number of aliphatic hydroxyl groups excluding tert-OH is 2. The van der Waals surface area contributed by atoms with Gasteiger partial charge in [0.1, 0.15) is 0 Å². The van der Waals surface area contributed by atoms with E-state index in [1.165, 1.54) is 49.3 Å². The van der Waals surface area contributed by atoms with Gasteiger partial charge < -0.3 is 14.9 Å². The fourth-order valence-corrected chi connectivity index (χ4v) is 6.09. The van der Waals surface area contributed by atoms with Crippen molar-refractivity contribution in [1.82, 2.24) is 0 Å². The van der Waals surface area contributed by atoms with Gasteiger partial charge in [0.15, 0.2) is 0 Å². The molecule has 162 valence electrons. The Bertz CT molecular complexity index is 720. The highest BCUT2D eigenvalue weighted by molar-refractivity contribution is 5.85. The molecule has 1 aliphatic heterocycles. The highest BCUT2D eigenvalue weighted by atomic mass is 16.6. The average molecular weight is 403 g/mol. The fourth-order valence-electron chi connectivity index (χ4n) is 6.09. The van der Waals surface area contributed by atoms with E-state index in [1.54, 1.807) is 0 Å². The zero-order valence-corrected chi connectivity index (χ0v) is 18.5. The van der Waals surface area contributed by atoms with Gasteiger partial charge in [-0.15, -0.1) is 0 Å². The van der Waals surface area contributed by atoms with Crippen LogP contribution in [0.15, 0.2) is 35.5 Å². The first-order chi connectivity index (χ1) is 13.6. The van der Waals surface area contributed by atoms with Crippen LogP contribution in [0.2, 0.25) is 0 Å². The van der Waals surface area contributed by atoms with Gasteiger partial charge in [-0.2, -0.15) is 0 Å². The lowest BCUT2D eigenvalue weighted by molar-refractivity contribution is -0.151. The van der Waals surface area contributed by atoms with Crippen molar-refractivity contribution in [3.05, 3.63) is 35.5 Å². The average Bonchev–Trinajstić information content (AvgIpc) is 3.01. The summed E-state index contributed by atoms with van der Waals surface area (Å²) in [5.74, 6) is 0.802. The summed E-state index contributed by atoms with van der Waals surface area (Å²) in [5.41, 5.74) is 3.55. The lowest BCUT2D eigenvalue weighted by Crippen LogP contribution is -2.50. The maximum atomic E-state index is 11.2. The molecule has 0 radical (unpaired) electrons. The second-order valence-electron chi connectivity index (χ2n) is 10.1. The molecule has 3 aliphatic rings. The Hall–Kier alpha value is -1.39. The fraction of sp³-hybridized carbons (Fsp3) is 0.720. The van der Waals surface area contributed by atoms with Crippen LogP contribution in [0.3, 0.4) is 0 Å². The predicted octanol–water partition coefficient (Wildman–Crippen LogP) is 5.06. The molecule has 29 heavy (non-hydrogen) atoms. The van der Waals surface area contributed by atoms with Gasteiger partial charge in [0, 0.05) is 11.6 Å². The summed E-state index contributed by atoms with van der Waals surface area (Å²) in [7, 11) is 0. The first kappa shape index (κ1) is 22.3. The van der Waals surface area contributed by atoms with Gasteiger partial charge in [-0.1, -0.05) is 44.6 Å². The van der Waals surface area contributed by atoms with Crippen LogP contribution in [-0.2, 0) is 9.53 Å². The first-order valence-corrected chi connectivity index (χ1v) is 11.2. The zero-order chi connectivity index (χ0) is 21.4. The molecule has 0 aromatic carbocycles. The molecule has 0 spiro atoms.